The van der Waals surface area contributed by atoms with Gasteiger partial charge in [0, 0.05) is 0 Å². The van der Waals surface area contributed by atoms with E-state index in [0.717, 1.165) is 5.56 Å². The molecule has 1 aromatic carbocycles. The van der Waals surface area contributed by atoms with Gasteiger partial charge in [0.25, 0.3) is 0 Å². The fourth-order valence-corrected chi connectivity index (χ4v) is 1.50. The zero-order chi connectivity index (χ0) is 11.3. The first kappa shape index (κ1) is 12.2. The van der Waals surface area contributed by atoms with Gasteiger partial charge in [-0.15, -0.1) is 0 Å². The highest BCUT2D eigenvalue weighted by molar-refractivity contribution is 5.23. The monoisotopic (exact) mass is 209 g/mol. The van der Waals surface area contributed by atoms with Crippen LogP contribution in [0.3, 0.4) is 0 Å². The Balaban J connectivity index is 2.78. The number of aliphatic hydroxyl groups excluding tert-OH is 2. The van der Waals surface area contributed by atoms with Crippen molar-refractivity contribution in [1.82, 2.24) is 5.32 Å². The minimum atomic E-state index is -0.616. The molecule has 0 bridgehead atoms. The van der Waals surface area contributed by atoms with Gasteiger partial charge in [-0.05, 0) is 26.0 Å². The summed E-state index contributed by atoms with van der Waals surface area (Å²) in [5, 5.41) is 21.5. The molecule has 1 aromatic rings. The lowest BCUT2D eigenvalue weighted by atomic mass is 9.92. The second kappa shape index (κ2) is 5.26. The van der Waals surface area contributed by atoms with E-state index >= 15 is 0 Å². The van der Waals surface area contributed by atoms with Crippen LogP contribution in [0.1, 0.15) is 11.1 Å². The maximum Gasteiger partial charge on any atom is 0.0686 e. The van der Waals surface area contributed by atoms with Gasteiger partial charge < -0.3 is 15.5 Å². The van der Waals surface area contributed by atoms with Gasteiger partial charge in [-0.3, -0.25) is 0 Å². The van der Waals surface area contributed by atoms with E-state index in [9.17, 15) is 10.2 Å². The lowest BCUT2D eigenvalue weighted by Gasteiger charge is -2.29. The summed E-state index contributed by atoms with van der Waals surface area (Å²) in [5.74, 6) is 0. The van der Waals surface area contributed by atoms with Crippen molar-refractivity contribution in [2.75, 3.05) is 20.3 Å². The normalized spacial score (nSPS) is 11.7. The summed E-state index contributed by atoms with van der Waals surface area (Å²) in [6.07, 6.45) is 0.622. The second-order valence-corrected chi connectivity index (χ2v) is 4.01. The number of nitrogens with one attached hydrogen (secondary N) is 1. The van der Waals surface area contributed by atoms with E-state index in [1.54, 1.807) is 7.05 Å². The van der Waals surface area contributed by atoms with Gasteiger partial charge in [-0.2, -0.15) is 0 Å². The molecule has 0 radical (unpaired) electrons. The largest absolute Gasteiger partial charge is 0.394 e. The number of aliphatic hydroxyl groups is 2. The van der Waals surface area contributed by atoms with E-state index in [0.29, 0.717) is 6.42 Å². The Hall–Kier alpha value is -0.900. The maximum atomic E-state index is 9.27. The SMILES string of the molecule is CNC(CO)(CO)Cc1ccc(C)cc1. The molecule has 0 fully saturated rings. The highest BCUT2D eigenvalue weighted by Crippen LogP contribution is 2.13. The van der Waals surface area contributed by atoms with Crippen LogP contribution in [0.25, 0.3) is 0 Å². The lowest BCUT2D eigenvalue weighted by Crippen LogP contribution is -2.51. The molecule has 0 aromatic heterocycles. The predicted molar refractivity (Wildman–Crippen MR) is 60.8 cm³/mol. The van der Waals surface area contributed by atoms with Crippen LogP contribution in [0.2, 0.25) is 0 Å². The number of likely N-dealkylation sites (N-methyl/N-ethyl adjacent to an activating group) is 1. The molecule has 0 spiro atoms. The molecule has 15 heavy (non-hydrogen) atoms. The molecular weight excluding hydrogens is 190 g/mol. The summed E-state index contributed by atoms with van der Waals surface area (Å²) in [6, 6.07) is 8.11. The van der Waals surface area contributed by atoms with Crippen molar-refractivity contribution < 1.29 is 10.2 Å². The van der Waals surface area contributed by atoms with Crippen LogP contribution in [0, 0.1) is 6.92 Å². The number of benzene rings is 1. The van der Waals surface area contributed by atoms with Gasteiger partial charge in [-0.25, -0.2) is 0 Å². The second-order valence-electron chi connectivity index (χ2n) is 4.01. The highest BCUT2D eigenvalue weighted by atomic mass is 16.3. The van der Waals surface area contributed by atoms with Crippen LogP contribution in [0.15, 0.2) is 24.3 Å². The van der Waals surface area contributed by atoms with Crippen molar-refractivity contribution in [1.29, 1.82) is 0 Å². The average molecular weight is 209 g/mol. The standard InChI is InChI=1S/C12H19NO2/c1-10-3-5-11(6-4-10)7-12(8-14,9-15)13-2/h3-6,13-15H,7-9H2,1-2H3. The van der Waals surface area contributed by atoms with Crippen LogP contribution in [-0.4, -0.2) is 36.0 Å². The van der Waals surface area contributed by atoms with E-state index in [1.807, 2.05) is 31.2 Å². The van der Waals surface area contributed by atoms with Crippen molar-refractivity contribution in [3.63, 3.8) is 0 Å². The molecule has 0 heterocycles. The van der Waals surface area contributed by atoms with Crippen LogP contribution >= 0.6 is 0 Å². The molecule has 84 valence electrons. The van der Waals surface area contributed by atoms with Gasteiger partial charge in [0.15, 0.2) is 0 Å². The van der Waals surface area contributed by atoms with E-state index in [1.165, 1.54) is 5.56 Å². The number of hydrogen-bond donors (Lipinski definition) is 3. The molecule has 0 unspecified atom stereocenters. The summed E-state index contributed by atoms with van der Waals surface area (Å²) in [6.45, 7) is 1.88. The van der Waals surface area contributed by atoms with E-state index in [-0.39, 0.29) is 13.2 Å². The number of aryl methyl sites for hydroxylation is 1. The van der Waals surface area contributed by atoms with Crippen LogP contribution < -0.4 is 5.32 Å². The first-order valence-corrected chi connectivity index (χ1v) is 5.12. The third-order valence-corrected chi connectivity index (χ3v) is 2.80. The molecular formula is C12H19NO2. The zero-order valence-electron chi connectivity index (χ0n) is 9.33. The van der Waals surface area contributed by atoms with Gasteiger partial charge in [0.2, 0.25) is 0 Å². The Bertz CT molecular complexity index is 283. The fraction of sp³-hybridized carbons (Fsp3) is 0.500. The Morgan fingerprint density at radius 3 is 2.07 bits per heavy atom. The summed E-state index contributed by atoms with van der Waals surface area (Å²) in [5.41, 5.74) is 1.70. The molecule has 1 rings (SSSR count). The van der Waals surface area contributed by atoms with Crippen molar-refractivity contribution in [3.8, 4) is 0 Å². The quantitative estimate of drug-likeness (QED) is 0.661. The first-order valence-electron chi connectivity index (χ1n) is 5.12. The molecule has 0 aliphatic carbocycles. The van der Waals surface area contributed by atoms with Gasteiger partial charge in [0.05, 0.1) is 18.8 Å². The molecule has 0 saturated heterocycles. The van der Waals surface area contributed by atoms with Crippen molar-refractivity contribution in [2.45, 2.75) is 18.9 Å². The highest BCUT2D eigenvalue weighted by Gasteiger charge is 2.26. The summed E-state index contributed by atoms with van der Waals surface area (Å²) >= 11 is 0. The fourth-order valence-electron chi connectivity index (χ4n) is 1.50. The van der Waals surface area contributed by atoms with Gasteiger partial charge in [0.1, 0.15) is 0 Å². The smallest absolute Gasteiger partial charge is 0.0686 e. The summed E-state index contributed by atoms with van der Waals surface area (Å²) in [7, 11) is 1.75. The topological polar surface area (TPSA) is 52.5 Å². The Morgan fingerprint density at radius 1 is 1.13 bits per heavy atom. The Kier molecular flexibility index (Phi) is 4.27. The summed E-state index contributed by atoms with van der Waals surface area (Å²) in [4.78, 5) is 0. The molecule has 0 atom stereocenters. The predicted octanol–water partition coefficient (Wildman–Crippen LogP) is 0.480. The number of rotatable bonds is 5. The van der Waals surface area contributed by atoms with Crippen molar-refractivity contribution in [3.05, 3.63) is 35.4 Å². The molecule has 3 heteroatoms. The maximum absolute atomic E-state index is 9.27. The van der Waals surface area contributed by atoms with E-state index in [2.05, 4.69) is 5.32 Å². The van der Waals surface area contributed by atoms with Crippen LogP contribution in [-0.2, 0) is 6.42 Å². The molecule has 0 aliphatic rings. The van der Waals surface area contributed by atoms with Crippen LogP contribution in [0.5, 0.6) is 0 Å². The van der Waals surface area contributed by atoms with Crippen LogP contribution in [0.4, 0.5) is 0 Å². The third kappa shape index (κ3) is 3.02. The van der Waals surface area contributed by atoms with Crippen molar-refractivity contribution in [2.24, 2.45) is 0 Å². The molecule has 0 saturated carbocycles. The van der Waals surface area contributed by atoms with Crippen molar-refractivity contribution >= 4 is 0 Å². The molecule has 3 N–H and O–H groups in total. The number of hydrogen-bond acceptors (Lipinski definition) is 3. The Morgan fingerprint density at radius 2 is 1.67 bits per heavy atom. The zero-order valence-corrected chi connectivity index (χ0v) is 9.33. The lowest BCUT2D eigenvalue weighted by molar-refractivity contribution is 0.0972. The Labute approximate surface area is 90.8 Å². The molecule has 3 nitrogen and oxygen atoms in total. The van der Waals surface area contributed by atoms with Gasteiger partial charge >= 0.3 is 0 Å². The minimum absolute atomic E-state index is 0.0755. The van der Waals surface area contributed by atoms with E-state index < -0.39 is 5.54 Å². The minimum Gasteiger partial charge on any atom is -0.394 e. The molecule has 0 amide bonds. The first-order chi connectivity index (χ1) is 7.15. The average Bonchev–Trinajstić information content (AvgIpc) is 2.29. The molecule has 0 aliphatic heterocycles. The summed E-state index contributed by atoms with van der Waals surface area (Å²) < 4.78 is 0. The third-order valence-electron chi connectivity index (χ3n) is 2.80. The van der Waals surface area contributed by atoms with E-state index in [4.69, 9.17) is 0 Å². The van der Waals surface area contributed by atoms with Gasteiger partial charge in [-0.1, -0.05) is 29.8 Å².